The lowest BCUT2D eigenvalue weighted by atomic mass is 9.96. The molecule has 0 amide bonds. The topological polar surface area (TPSA) is 91.7 Å². The standard InChI is InChI=1S/C12H11BrO5/c1-6(13)10(15)8-3-2-7(5-14)4-9(8)11(16)12(17)18/h2-6,11,16H,1H3,(H,17,18). The Morgan fingerprint density at radius 3 is 2.44 bits per heavy atom. The molecule has 2 atom stereocenters. The lowest BCUT2D eigenvalue weighted by molar-refractivity contribution is -0.146. The molecule has 0 bridgehead atoms. The van der Waals surface area contributed by atoms with E-state index in [-0.39, 0.29) is 22.5 Å². The van der Waals surface area contributed by atoms with Crippen molar-refractivity contribution < 1.29 is 24.6 Å². The summed E-state index contributed by atoms with van der Waals surface area (Å²) in [5.41, 5.74) is 0.201. The maximum absolute atomic E-state index is 11.9. The number of aliphatic hydroxyl groups excluding tert-OH is 1. The van der Waals surface area contributed by atoms with E-state index in [1.54, 1.807) is 6.92 Å². The van der Waals surface area contributed by atoms with Crippen molar-refractivity contribution >= 4 is 34.0 Å². The number of Topliss-reactive ketones (excluding diaryl/α,β-unsaturated/α-hetero) is 1. The third-order valence-electron chi connectivity index (χ3n) is 2.37. The fourth-order valence-electron chi connectivity index (χ4n) is 1.45. The molecule has 18 heavy (non-hydrogen) atoms. The Hall–Kier alpha value is -1.53. The van der Waals surface area contributed by atoms with E-state index in [1.807, 2.05) is 0 Å². The molecule has 0 aromatic heterocycles. The van der Waals surface area contributed by atoms with Gasteiger partial charge >= 0.3 is 5.97 Å². The Morgan fingerprint density at radius 2 is 2.00 bits per heavy atom. The molecule has 0 spiro atoms. The monoisotopic (exact) mass is 314 g/mol. The molecule has 1 aromatic carbocycles. The molecule has 0 radical (unpaired) electrons. The zero-order valence-corrected chi connectivity index (χ0v) is 11.0. The van der Waals surface area contributed by atoms with Crippen LogP contribution in [0.3, 0.4) is 0 Å². The SMILES string of the molecule is CC(Br)C(=O)c1ccc(C=O)cc1C(O)C(=O)O. The van der Waals surface area contributed by atoms with Crippen molar-refractivity contribution in [2.45, 2.75) is 17.9 Å². The summed E-state index contributed by atoms with van der Waals surface area (Å²) in [6.45, 7) is 1.59. The van der Waals surface area contributed by atoms with E-state index < -0.39 is 16.9 Å². The molecule has 1 rings (SSSR count). The highest BCUT2D eigenvalue weighted by molar-refractivity contribution is 9.10. The number of hydrogen-bond acceptors (Lipinski definition) is 4. The normalized spacial score (nSPS) is 13.7. The first-order valence-electron chi connectivity index (χ1n) is 5.06. The highest BCUT2D eigenvalue weighted by atomic mass is 79.9. The lowest BCUT2D eigenvalue weighted by Gasteiger charge is -2.13. The second kappa shape index (κ2) is 5.88. The number of hydrogen-bond donors (Lipinski definition) is 2. The van der Waals surface area contributed by atoms with Gasteiger partial charge in [0.25, 0.3) is 0 Å². The molecule has 0 aliphatic carbocycles. The molecule has 5 nitrogen and oxygen atoms in total. The number of carbonyl (C=O) groups excluding carboxylic acids is 2. The zero-order valence-electron chi connectivity index (χ0n) is 9.46. The minimum absolute atomic E-state index is 0.0802. The van der Waals surface area contributed by atoms with Gasteiger partial charge in [-0.3, -0.25) is 9.59 Å². The van der Waals surface area contributed by atoms with Crippen LogP contribution in [-0.4, -0.2) is 33.1 Å². The van der Waals surface area contributed by atoms with Crippen molar-refractivity contribution in [3.63, 3.8) is 0 Å². The van der Waals surface area contributed by atoms with Gasteiger partial charge in [0, 0.05) is 16.7 Å². The van der Waals surface area contributed by atoms with Crippen LogP contribution in [-0.2, 0) is 4.79 Å². The molecule has 0 aliphatic heterocycles. The van der Waals surface area contributed by atoms with Crippen molar-refractivity contribution in [3.05, 3.63) is 34.9 Å². The summed E-state index contributed by atoms with van der Waals surface area (Å²) >= 11 is 3.08. The van der Waals surface area contributed by atoms with Crippen molar-refractivity contribution in [3.8, 4) is 0 Å². The molecule has 0 heterocycles. The summed E-state index contributed by atoms with van der Waals surface area (Å²) in [6, 6.07) is 3.94. The van der Waals surface area contributed by atoms with Gasteiger partial charge in [0.05, 0.1) is 4.83 Å². The first-order chi connectivity index (χ1) is 8.38. The lowest BCUT2D eigenvalue weighted by Crippen LogP contribution is -2.18. The van der Waals surface area contributed by atoms with Crippen LogP contribution in [0.25, 0.3) is 0 Å². The molecule has 0 aliphatic rings. The predicted octanol–water partition coefficient (Wildman–Crippen LogP) is 1.58. The third kappa shape index (κ3) is 3.02. The smallest absolute Gasteiger partial charge is 0.337 e. The number of carboxylic acid groups (broad SMARTS) is 1. The second-order valence-electron chi connectivity index (χ2n) is 3.69. The molecule has 0 fully saturated rings. The van der Waals surface area contributed by atoms with E-state index in [4.69, 9.17) is 5.11 Å². The third-order valence-corrected chi connectivity index (χ3v) is 2.78. The van der Waals surface area contributed by atoms with Crippen LogP contribution < -0.4 is 0 Å². The van der Waals surface area contributed by atoms with Gasteiger partial charge in [0.2, 0.25) is 0 Å². The molecule has 0 saturated heterocycles. The van der Waals surface area contributed by atoms with Gasteiger partial charge in [-0.1, -0.05) is 28.1 Å². The fraction of sp³-hybridized carbons (Fsp3) is 0.250. The molecule has 2 N–H and O–H groups in total. The van der Waals surface area contributed by atoms with Crippen molar-refractivity contribution in [2.75, 3.05) is 0 Å². The highest BCUT2D eigenvalue weighted by Crippen LogP contribution is 2.22. The van der Waals surface area contributed by atoms with Gasteiger partial charge in [-0.05, 0) is 13.0 Å². The Labute approximate surface area is 112 Å². The minimum Gasteiger partial charge on any atom is -0.479 e. The first-order valence-corrected chi connectivity index (χ1v) is 5.98. The van der Waals surface area contributed by atoms with Crippen molar-refractivity contribution in [1.29, 1.82) is 0 Å². The van der Waals surface area contributed by atoms with E-state index in [1.165, 1.54) is 18.2 Å². The summed E-state index contributed by atoms with van der Waals surface area (Å²) in [5.74, 6) is -1.84. The van der Waals surface area contributed by atoms with Crippen LogP contribution in [0.1, 0.15) is 39.3 Å². The number of alkyl halides is 1. The number of aliphatic hydroxyl groups is 1. The molecular formula is C12H11BrO5. The number of ketones is 1. The van der Waals surface area contributed by atoms with Crippen LogP contribution in [0.5, 0.6) is 0 Å². The van der Waals surface area contributed by atoms with Crippen LogP contribution >= 0.6 is 15.9 Å². The molecule has 0 saturated carbocycles. The second-order valence-corrected chi connectivity index (χ2v) is 5.06. The summed E-state index contributed by atoms with van der Waals surface area (Å²) in [6.07, 6.45) is -1.32. The Balaban J connectivity index is 3.37. The fourth-order valence-corrected chi connectivity index (χ4v) is 1.70. The summed E-state index contributed by atoms with van der Waals surface area (Å²) in [5, 5.41) is 18.3. The zero-order chi connectivity index (χ0) is 13.9. The van der Waals surface area contributed by atoms with Crippen LogP contribution in [0.4, 0.5) is 0 Å². The summed E-state index contributed by atoms with van der Waals surface area (Å²) in [7, 11) is 0. The van der Waals surface area contributed by atoms with E-state index >= 15 is 0 Å². The predicted molar refractivity (Wildman–Crippen MR) is 67.1 cm³/mol. The van der Waals surface area contributed by atoms with Crippen molar-refractivity contribution in [2.24, 2.45) is 0 Å². The van der Waals surface area contributed by atoms with E-state index in [9.17, 15) is 19.5 Å². The average Bonchev–Trinajstić information content (AvgIpc) is 2.35. The number of benzene rings is 1. The van der Waals surface area contributed by atoms with Crippen molar-refractivity contribution in [1.82, 2.24) is 0 Å². The van der Waals surface area contributed by atoms with Gasteiger partial charge in [0.1, 0.15) is 6.29 Å². The minimum atomic E-state index is -1.84. The number of carbonyl (C=O) groups is 3. The molecule has 6 heteroatoms. The number of halogens is 1. The largest absolute Gasteiger partial charge is 0.479 e. The van der Waals surface area contributed by atoms with E-state index in [0.29, 0.717) is 6.29 Å². The van der Waals surface area contributed by atoms with Crippen LogP contribution in [0.2, 0.25) is 0 Å². The average molecular weight is 315 g/mol. The van der Waals surface area contributed by atoms with Crippen LogP contribution in [0, 0.1) is 0 Å². The molecule has 2 unspecified atom stereocenters. The van der Waals surface area contributed by atoms with Gasteiger partial charge in [-0.15, -0.1) is 0 Å². The maximum atomic E-state index is 11.9. The number of carboxylic acids is 1. The molecule has 96 valence electrons. The van der Waals surface area contributed by atoms with E-state index in [0.717, 1.165) is 0 Å². The number of aldehydes is 1. The molecular weight excluding hydrogens is 304 g/mol. The summed E-state index contributed by atoms with van der Waals surface area (Å²) < 4.78 is 0. The Bertz CT molecular complexity index is 495. The molecule has 1 aromatic rings. The van der Waals surface area contributed by atoms with Crippen LogP contribution in [0.15, 0.2) is 18.2 Å². The number of aliphatic carboxylic acids is 1. The quantitative estimate of drug-likeness (QED) is 0.489. The maximum Gasteiger partial charge on any atom is 0.337 e. The summed E-state index contributed by atoms with van der Waals surface area (Å²) in [4.78, 5) is 32.8. The van der Waals surface area contributed by atoms with Gasteiger partial charge in [-0.2, -0.15) is 0 Å². The Kier molecular flexibility index (Phi) is 4.75. The Morgan fingerprint density at radius 1 is 1.39 bits per heavy atom. The van der Waals surface area contributed by atoms with Gasteiger partial charge in [-0.25, -0.2) is 4.79 Å². The van der Waals surface area contributed by atoms with Gasteiger partial charge < -0.3 is 10.2 Å². The number of rotatable bonds is 5. The van der Waals surface area contributed by atoms with E-state index in [2.05, 4.69) is 15.9 Å². The van der Waals surface area contributed by atoms with Gasteiger partial charge in [0.15, 0.2) is 11.9 Å². The first kappa shape index (κ1) is 14.5. The highest BCUT2D eigenvalue weighted by Gasteiger charge is 2.24.